The Morgan fingerprint density at radius 1 is 1.56 bits per heavy atom. The molecule has 1 aromatic rings. The standard InChI is InChI=1S/C9H18N4O2S/c1-3-10-6-7-16(14,15)13(2)8-9-11-4-5-12-9/h4-5,10H,3,6-8H2,1-2H3,(H,11,12). The lowest BCUT2D eigenvalue weighted by Crippen LogP contribution is -2.33. The zero-order valence-electron chi connectivity index (χ0n) is 9.60. The summed E-state index contributed by atoms with van der Waals surface area (Å²) in [6, 6.07) is 0. The molecule has 6 nitrogen and oxygen atoms in total. The predicted molar refractivity (Wildman–Crippen MR) is 62.4 cm³/mol. The second-order valence-corrected chi connectivity index (χ2v) is 5.66. The summed E-state index contributed by atoms with van der Waals surface area (Å²) in [7, 11) is -1.64. The molecule has 1 rings (SSSR count). The van der Waals surface area contributed by atoms with Gasteiger partial charge in [0.1, 0.15) is 5.82 Å². The number of hydrogen-bond donors (Lipinski definition) is 2. The average Bonchev–Trinajstić information content (AvgIpc) is 2.70. The van der Waals surface area contributed by atoms with Gasteiger partial charge in [-0.25, -0.2) is 13.4 Å². The Labute approximate surface area is 96.1 Å². The van der Waals surface area contributed by atoms with Gasteiger partial charge in [-0.15, -0.1) is 0 Å². The SMILES string of the molecule is CCNCCS(=O)(=O)N(C)Cc1ncc[nH]1. The minimum absolute atomic E-state index is 0.109. The van der Waals surface area contributed by atoms with Gasteiger partial charge in [0.15, 0.2) is 0 Å². The van der Waals surface area contributed by atoms with Crippen LogP contribution in [0.2, 0.25) is 0 Å². The van der Waals surface area contributed by atoms with E-state index in [4.69, 9.17) is 0 Å². The summed E-state index contributed by atoms with van der Waals surface area (Å²) in [5, 5.41) is 2.99. The van der Waals surface area contributed by atoms with Gasteiger partial charge in [0.25, 0.3) is 0 Å². The predicted octanol–water partition coefficient (Wildman–Crippen LogP) is -0.219. The second-order valence-electron chi connectivity index (χ2n) is 3.46. The van der Waals surface area contributed by atoms with Crippen molar-refractivity contribution in [3.8, 4) is 0 Å². The van der Waals surface area contributed by atoms with Crippen molar-refractivity contribution in [3.63, 3.8) is 0 Å². The first-order chi connectivity index (χ1) is 7.56. The van der Waals surface area contributed by atoms with Gasteiger partial charge in [-0.2, -0.15) is 4.31 Å². The van der Waals surface area contributed by atoms with E-state index in [0.717, 1.165) is 6.54 Å². The topological polar surface area (TPSA) is 78.1 Å². The second kappa shape index (κ2) is 5.97. The van der Waals surface area contributed by atoms with Crippen molar-refractivity contribution in [2.24, 2.45) is 0 Å². The fourth-order valence-electron chi connectivity index (χ4n) is 1.23. The molecule has 0 saturated carbocycles. The van der Waals surface area contributed by atoms with Crippen molar-refractivity contribution in [2.45, 2.75) is 13.5 Å². The largest absolute Gasteiger partial charge is 0.347 e. The Hall–Kier alpha value is -0.920. The van der Waals surface area contributed by atoms with E-state index in [2.05, 4.69) is 15.3 Å². The zero-order chi connectivity index (χ0) is 12.0. The van der Waals surface area contributed by atoms with E-state index in [-0.39, 0.29) is 12.3 Å². The molecule has 0 atom stereocenters. The van der Waals surface area contributed by atoms with E-state index >= 15 is 0 Å². The molecule has 92 valence electrons. The van der Waals surface area contributed by atoms with Gasteiger partial charge in [-0.05, 0) is 6.54 Å². The molecule has 0 saturated heterocycles. The highest BCUT2D eigenvalue weighted by molar-refractivity contribution is 7.89. The highest BCUT2D eigenvalue weighted by Crippen LogP contribution is 2.02. The number of nitrogens with one attached hydrogen (secondary N) is 2. The summed E-state index contributed by atoms with van der Waals surface area (Å²) in [6.07, 6.45) is 3.28. The van der Waals surface area contributed by atoms with Crippen LogP contribution in [0.5, 0.6) is 0 Å². The fraction of sp³-hybridized carbons (Fsp3) is 0.667. The summed E-state index contributed by atoms with van der Waals surface area (Å²) in [5.74, 6) is 0.757. The first kappa shape index (κ1) is 13.1. The van der Waals surface area contributed by atoms with Crippen LogP contribution in [-0.4, -0.2) is 48.6 Å². The molecular weight excluding hydrogens is 228 g/mol. The van der Waals surface area contributed by atoms with Gasteiger partial charge in [0, 0.05) is 26.0 Å². The molecule has 0 bridgehead atoms. The molecule has 16 heavy (non-hydrogen) atoms. The molecule has 0 aromatic carbocycles. The van der Waals surface area contributed by atoms with Crippen LogP contribution in [-0.2, 0) is 16.6 Å². The minimum atomic E-state index is -3.20. The molecule has 1 heterocycles. The van der Waals surface area contributed by atoms with E-state index in [0.29, 0.717) is 12.4 Å². The lowest BCUT2D eigenvalue weighted by Gasteiger charge is -2.15. The van der Waals surface area contributed by atoms with Crippen molar-refractivity contribution in [1.29, 1.82) is 0 Å². The van der Waals surface area contributed by atoms with Crippen molar-refractivity contribution in [2.75, 3.05) is 25.9 Å². The van der Waals surface area contributed by atoms with Crippen LogP contribution in [0.25, 0.3) is 0 Å². The van der Waals surface area contributed by atoms with Crippen LogP contribution in [0.1, 0.15) is 12.7 Å². The number of imidazole rings is 1. The van der Waals surface area contributed by atoms with Crippen molar-refractivity contribution >= 4 is 10.0 Å². The van der Waals surface area contributed by atoms with Crippen LogP contribution in [0, 0.1) is 0 Å². The fourth-order valence-corrected chi connectivity index (χ4v) is 2.26. The smallest absolute Gasteiger partial charge is 0.215 e. The Morgan fingerprint density at radius 2 is 2.31 bits per heavy atom. The highest BCUT2D eigenvalue weighted by Gasteiger charge is 2.17. The molecule has 0 unspecified atom stereocenters. The Bertz CT molecular complexity index is 388. The number of aromatic nitrogens is 2. The Balaban J connectivity index is 2.48. The van der Waals surface area contributed by atoms with Crippen LogP contribution >= 0.6 is 0 Å². The molecular formula is C9H18N4O2S. The summed E-state index contributed by atoms with van der Waals surface area (Å²) in [4.78, 5) is 6.86. The summed E-state index contributed by atoms with van der Waals surface area (Å²) >= 11 is 0. The van der Waals surface area contributed by atoms with Gasteiger partial charge in [0.05, 0.1) is 12.3 Å². The van der Waals surface area contributed by atoms with E-state index in [1.165, 1.54) is 4.31 Å². The monoisotopic (exact) mass is 246 g/mol. The summed E-state index contributed by atoms with van der Waals surface area (Å²) < 4.78 is 24.9. The quantitative estimate of drug-likeness (QED) is 0.652. The van der Waals surface area contributed by atoms with E-state index in [1.54, 1.807) is 19.4 Å². The van der Waals surface area contributed by atoms with Gasteiger partial charge in [0.2, 0.25) is 10.0 Å². The Morgan fingerprint density at radius 3 is 2.88 bits per heavy atom. The first-order valence-electron chi connectivity index (χ1n) is 5.19. The number of sulfonamides is 1. The van der Waals surface area contributed by atoms with Crippen molar-refractivity contribution in [1.82, 2.24) is 19.6 Å². The lowest BCUT2D eigenvalue weighted by molar-refractivity contribution is 0.457. The molecule has 0 amide bonds. The Kier molecular flexibility index (Phi) is 4.91. The summed E-state index contributed by atoms with van der Waals surface area (Å²) in [5.41, 5.74) is 0. The number of hydrogen-bond acceptors (Lipinski definition) is 4. The average molecular weight is 246 g/mol. The van der Waals surface area contributed by atoms with Crippen molar-refractivity contribution in [3.05, 3.63) is 18.2 Å². The molecule has 0 aliphatic heterocycles. The summed E-state index contributed by atoms with van der Waals surface area (Å²) in [6.45, 7) is 3.47. The highest BCUT2D eigenvalue weighted by atomic mass is 32.2. The van der Waals surface area contributed by atoms with Crippen molar-refractivity contribution < 1.29 is 8.42 Å². The third-order valence-corrected chi connectivity index (χ3v) is 3.99. The molecule has 0 spiro atoms. The van der Waals surface area contributed by atoms with E-state index in [9.17, 15) is 8.42 Å². The van der Waals surface area contributed by atoms with Gasteiger partial charge >= 0.3 is 0 Å². The number of aromatic amines is 1. The normalized spacial score (nSPS) is 12.2. The molecule has 0 fully saturated rings. The molecule has 0 radical (unpaired) electrons. The maximum Gasteiger partial charge on any atom is 0.215 e. The number of rotatable bonds is 7. The molecule has 0 aliphatic carbocycles. The molecule has 2 N–H and O–H groups in total. The third kappa shape index (κ3) is 3.92. The van der Waals surface area contributed by atoms with Gasteiger partial charge < -0.3 is 10.3 Å². The van der Waals surface area contributed by atoms with Crippen LogP contribution in [0.4, 0.5) is 0 Å². The molecule has 1 aromatic heterocycles. The molecule has 7 heteroatoms. The van der Waals surface area contributed by atoms with Gasteiger partial charge in [-0.1, -0.05) is 6.92 Å². The van der Waals surface area contributed by atoms with Gasteiger partial charge in [-0.3, -0.25) is 0 Å². The zero-order valence-corrected chi connectivity index (χ0v) is 10.4. The first-order valence-corrected chi connectivity index (χ1v) is 6.80. The maximum atomic E-state index is 11.8. The maximum absolute atomic E-state index is 11.8. The molecule has 0 aliphatic rings. The number of H-pyrrole nitrogens is 1. The van der Waals surface area contributed by atoms with E-state index in [1.807, 2.05) is 6.92 Å². The minimum Gasteiger partial charge on any atom is -0.347 e. The third-order valence-electron chi connectivity index (χ3n) is 2.19. The van der Waals surface area contributed by atoms with Crippen LogP contribution < -0.4 is 5.32 Å². The van der Waals surface area contributed by atoms with Crippen LogP contribution in [0.15, 0.2) is 12.4 Å². The lowest BCUT2D eigenvalue weighted by atomic mass is 10.6. The van der Waals surface area contributed by atoms with E-state index < -0.39 is 10.0 Å². The number of nitrogens with zero attached hydrogens (tertiary/aromatic N) is 2. The van der Waals surface area contributed by atoms with Crippen LogP contribution in [0.3, 0.4) is 0 Å².